The highest BCUT2D eigenvalue weighted by Crippen LogP contribution is 2.21. The first-order valence-corrected chi connectivity index (χ1v) is 8.98. The molecular formula is C22H24N4O. The highest BCUT2D eigenvalue weighted by molar-refractivity contribution is 6.04. The van der Waals surface area contributed by atoms with Crippen LogP contribution >= 0.6 is 0 Å². The number of benzene rings is 1. The number of aryl methyl sites for hydroxylation is 2. The van der Waals surface area contributed by atoms with Gasteiger partial charge >= 0.3 is 0 Å². The molecule has 0 bridgehead atoms. The summed E-state index contributed by atoms with van der Waals surface area (Å²) in [5, 5.41) is 2.99. The van der Waals surface area contributed by atoms with Gasteiger partial charge in [0.05, 0.1) is 0 Å². The third-order valence-electron chi connectivity index (χ3n) is 4.62. The minimum atomic E-state index is -0.197. The van der Waals surface area contributed by atoms with Crippen LogP contribution in [0.5, 0.6) is 0 Å². The number of carbonyl (C=O) groups excluding carboxylic acids is 1. The van der Waals surface area contributed by atoms with Crippen LogP contribution in [0.4, 0.5) is 11.4 Å². The number of pyridine rings is 2. The van der Waals surface area contributed by atoms with Crippen molar-refractivity contribution in [1.29, 1.82) is 0 Å². The molecule has 1 aromatic carbocycles. The van der Waals surface area contributed by atoms with Gasteiger partial charge in [-0.1, -0.05) is 18.2 Å². The molecule has 0 fully saturated rings. The summed E-state index contributed by atoms with van der Waals surface area (Å²) in [6.07, 6.45) is 6.19. The molecule has 2 heterocycles. The van der Waals surface area contributed by atoms with Crippen molar-refractivity contribution in [3.8, 4) is 0 Å². The van der Waals surface area contributed by atoms with Crippen LogP contribution < -0.4 is 10.2 Å². The average molecular weight is 360 g/mol. The summed E-state index contributed by atoms with van der Waals surface area (Å²) in [6.45, 7) is 4.81. The Hall–Kier alpha value is -3.21. The molecule has 0 atom stereocenters. The zero-order chi connectivity index (χ0) is 19.2. The average Bonchev–Trinajstić information content (AvgIpc) is 2.70. The Kier molecular flexibility index (Phi) is 5.81. The molecule has 1 N–H and O–H groups in total. The molecule has 0 aliphatic heterocycles. The summed E-state index contributed by atoms with van der Waals surface area (Å²) in [6, 6.07) is 13.7. The van der Waals surface area contributed by atoms with Crippen LogP contribution in [0.3, 0.4) is 0 Å². The molecule has 138 valence electrons. The van der Waals surface area contributed by atoms with Crippen molar-refractivity contribution in [2.75, 3.05) is 23.8 Å². The number of amides is 1. The van der Waals surface area contributed by atoms with E-state index in [4.69, 9.17) is 0 Å². The Balaban J connectivity index is 1.70. The van der Waals surface area contributed by atoms with Crippen molar-refractivity contribution >= 4 is 17.3 Å². The highest BCUT2D eigenvalue weighted by atomic mass is 16.1. The first kappa shape index (κ1) is 18.6. The fourth-order valence-electron chi connectivity index (χ4n) is 2.95. The number of para-hydroxylation sites is 1. The van der Waals surface area contributed by atoms with Crippen LogP contribution in [0, 0.1) is 13.8 Å². The lowest BCUT2D eigenvalue weighted by atomic mass is 10.1. The predicted molar refractivity (Wildman–Crippen MR) is 109 cm³/mol. The normalized spacial score (nSPS) is 10.5. The minimum Gasteiger partial charge on any atom is -0.374 e. The number of nitrogens with one attached hydrogen (secondary N) is 1. The Morgan fingerprint density at radius 2 is 1.74 bits per heavy atom. The fourth-order valence-corrected chi connectivity index (χ4v) is 2.95. The molecule has 0 aliphatic rings. The molecule has 5 nitrogen and oxygen atoms in total. The smallest absolute Gasteiger partial charge is 0.274 e. The molecule has 1 amide bonds. The number of nitrogens with zero attached hydrogens (tertiary/aromatic N) is 3. The molecule has 3 rings (SSSR count). The van der Waals surface area contributed by atoms with Crippen LogP contribution in [0.15, 0.2) is 61.1 Å². The van der Waals surface area contributed by atoms with Crippen LogP contribution in [0.2, 0.25) is 0 Å². The highest BCUT2D eigenvalue weighted by Gasteiger charge is 2.12. The number of hydrogen-bond donors (Lipinski definition) is 1. The van der Waals surface area contributed by atoms with Gasteiger partial charge in [0, 0.05) is 43.6 Å². The molecule has 5 heteroatoms. The van der Waals surface area contributed by atoms with Crippen molar-refractivity contribution in [3.63, 3.8) is 0 Å². The van der Waals surface area contributed by atoms with E-state index in [0.29, 0.717) is 5.69 Å². The van der Waals surface area contributed by atoms with E-state index in [1.54, 1.807) is 18.6 Å². The Labute approximate surface area is 160 Å². The second kappa shape index (κ2) is 8.45. The summed E-state index contributed by atoms with van der Waals surface area (Å²) in [5.74, 6) is -0.197. The van der Waals surface area contributed by atoms with Gasteiger partial charge in [0.15, 0.2) is 0 Å². The minimum absolute atomic E-state index is 0.197. The zero-order valence-electron chi connectivity index (χ0n) is 15.9. The van der Waals surface area contributed by atoms with Gasteiger partial charge in [-0.05, 0) is 61.2 Å². The summed E-state index contributed by atoms with van der Waals surface area (Å²) in [5.41, 5.74) is 5.53. The van der Waals surface area contributed by atoms with Gasteiger partial charge < -0.3 is 10.2 Å². The van der Waals surface area contributed by atoms with E-state index < -0.39 is 0 Å². The second-order valence-corrected chi connectivity index (χ2v) is 6.65. The van der Waals surface area contributed by atoms with Gasteiger partial charge in [-0.25, -0.2) is 0 Å². The van der Waals surface area contributed by atoms with Crippen LogP contribution in [-0.4, -0.2) is 29.5 Å². The van der Waals surface area contributed by atoms with Crippen LogP contribution in [-0.2, 0) is 6.42 Å². The molecule has 0 aliphatic carbocycles. The number of carbonyl (C=O) groups is 1. The molecule has 0 unspecified atom stereocenters. The van der Waals surface area contributed by atoms with Crippen molar-refractivity contribution in [2.45, 2.75) is 20.3 Å². The maximum absolute atomic E-state index is 12.7. The maximum atomic E-state index is 12.7. The molecule has 0 radical (unpaired) electrons. The largest absolute Gasteiger partial charge is 0.374 e. The summed E-state index contributed by atoms with van der Waals surface area (Å²) < 4.78 is 0. The van der Waals surface area contributed by atoms with E-state index in [1.165, 1.54) is 5.56 Å². The third kappa shape index (κ3) is 4.70. The quantitative estimate of drug-likeness (QED) is 0.721. The van der Waals surface area contributed by atoms with E-state index >= 15 is 0 Å². The molecule has 3 aromatic rings. The number of hydrogen-bond acceptors (Lipinski definition) is 4. The van der Waals surface area contributed by atoms with Gasteiger partial charge in [-0.15, -0.1) is 0 Å². The van der Waals surface area contributed by atoms with Gasteiger partial charge in [-0.2, -0.15) is 0 Å². The Bertz CT molecular complexity index is 904. The van der Waals surface area contributed by atoms with Gasteiger partial charge in [0.1, 0.15) is 5.69 Å². The third-order valence-corrected chi connectivity index (χ3v) is 4.62. The topological polar surface area (TPSA) is 58.1 Å². The first-order valence-electron chi connectivity index (χ1n) is 8.98. The lowest BCUT2D eigenvalue weighted by Gasteiger charge is -2.20. The van der Waals surface area contributed by atoms with Crippen molar-refractivity contribution in [3.05, 3.63) is 83.4 Å². The monoisotopic (exact) mass is 360 g/mol. The summed E-state index contributed by atoms with van der Waals surface area (Å²) in [4.78, 5) is 23.1. The Morgan fingerprint density at radius 3 is 2.44 bits per heavy atom. The lowest BCUT2D eigenvalue weighted by molar-refractivity contribution is 0.102. The van der Waals surface area contributed by atoms with Gasteiger partial charge in [0.25, 0.3) is 5.91 Å². The molecular weight excluding hydrogens is 336 g/mol. The van der Waals surface area contributed by atoms with Crippen molar-refractivity contribution < 1.29 is 4.79 Å². The molecule has 0 saturated heterocycles. The first-order chi connectivity index (χ1) is 13.0. The zero-order valence-corrected chi connectivity index (χ0v) is 15.9. The van der Waals surface area contributed by atoms with Gasteiger partial charge in [0.2, 0.25) is 0 Å². The van der Waals surface area contributed by atoms with Crippen molar-refractivity contribution in [1.82, 2.24) is 9.97 Å². The van der Waals surface area contributed by atoms with E-state index in [0.717, 1.165) is 35.5 Å². The number of anilines is 2. The number of rotatable bonds is 6. The fraction of sp³-hybridized carbons (Fsp3) is 0.227. The SMILES string of the molecule is Cc1cccc(C)c1NC(=O)c1cc(N(C)CCc2ccncc2)ccn1. The van der Waals surface area contributed by atoms with Crippen LogP contribution in [0.1, 0.15) is 27.2 Å². The summed E-state index contributed by atoms with van der Waals surface area (Å²) in [7, 11) is 2.02. The van der Waals surface area contributed by atoms with Crippen LogP contribution in [0.25, 0.3) is 0 Å². The molecule has 0 saturated carbocycles. The van der Waals surface area contributed by atoms with Crippen molar-refractivity contribution in [2.24, 2.45) is 0 Å². The molecule has 0 spiro atoms. The molecule has 27 heavy (non-hydrogen) atoms. The number of aromatic nitrogens is 2. The number of likely N-dealkylation sites (N-methyl/N-ethyl adjacent to an activating group) is 1. The van der Waals surface area contributed by atoms with E-state index in [-0.39, 0.29) is 5.91 Å². The van der Waals surface area contributed by atoms with E-state index in [2.05, 4.69) is 20.2 Å². The predicted octanol–water partition coefficient (Wildman–Crippen LogP) is 4.02. The van der Waals surface area contributed by atoms with E-state index in [9.17, 15) is 4.79 Å². The lowest BCUT2D eigenvalue weighted by Crippen LogP contribution is -2.22. The summed E-state index contributed by atoms with van der Waals surface area (Å²) >= 11 is 0. The van der Waals surface area contributed by atoms with E-state index in [1.807, 2.05) is 63.4 Å². The van der Waals surface area contributed by atoms with Gasteiger partial charge in [-0.3, -0.25) is 14.8 Å². The maximum Gasteiger partial charge on any atom is 0.274 e. The Morgan fingerprint density at radius 1 is 1.04 bits per heavy atom. The molecule has 2 aromatic heterocycles. The second-order valence-electron chi connectivity index (χ2n) is 6.65. The standard InChI is InChI=1S/C22H24N4O/c1-16-5-4-6-17(2)21(16)25-22(27)20-15-19(9-13-24-20)26(3)14-10-18-7-11-23-12-8-18/h4-9,11-13,15H,10,14H2,1-3H3,(H,25,27).